The number of unbranched alkanes of at least 4 members (excludes halogenated alkanes) is 1. The fraction of sp³-hybridized carbons (Fsp3) is 0.919. The first-order valence-corrected chi connectivity index (χ1v) is 48.5. The predicted molar refractivity (Wildman–Crippen MR) is 385 cm³/mol. The van der Waals surface area contributed by atoms with Gasteiger partial charge in [0.1, 0.15) is 26.4 Å². The molecule has 0 aliphatic heterocycles. The van der Waals surface area contributed by atoms with Crippen molar-refractivity contribution >= 4 is 73.0 Å². The summed E-state index contributed by atoms with van der Waals surface area (Å²) < 4.78 is 53.0. The molecule has 548 valence electrons. The molecule has 0 radical (unpaired) electrons. The normalized spacial score (nSPS) is 27.6. The first-order valence-electron chi connectivity index (χ1n) is 38.3. The Labute approximate surface area is 582 Å². The number of esters is 4. The van der Waals surface area contributed by atoms with Crippen LogP contribution in [0.2, 0.25) is 51.4 Å². The quantitative estimate of drug-likeness (QED) is 0.0253. The predicted octanol–water partition coefficient (Wildman–Crippen LogP) is 17.4. The summed E-state index contributed by atoms with van der Waals surface area (Å²) in [4.78, 5) is 76.2. The van der Waals surface area contributed by atoms with E-state index >= 15 is 0 Å². The number of thioether (sulfide) groups is 1. The molecule has 0 aromatic carbocycles. The second-order valence-electron chi connectivity index (χ2n) is 32.4. The number of carbonyl (C=O) groups is 6. The van der Waals surface area contributed by atoms with Gasteiger partial charge in [0.15, 0.2) is 16.6 Å². The van der Waals surface area contributed by atoms with Gasteiger partial charge in [-0.2, -0.15) is 11.8 Å². The lowest BCUT2D eigenvalue weighted by Crippen LogP contribution is -2.52. The minimum Gasteiger partial charge on any atom is -0.469 e. The van der Waals surface area contributed by atoms with E-state index in [0.29, 0.717) is 98.6 Å². The van der Waals surface area contributed by atoms with Gasteiger partial charge in [0.25, 0.3) is 0 Å². The van der Waals surface area contributed by atoms with Gasteiger partial charge in [-0.25, -0.2) is 9.59 Å². The molecule has 0 saturated heterocycles. The molecule has 6 aliphatic carbocycles. The maximum Gasteiger partial charge on any atom is 0.407 e. The molecule has 0 bridgehead atoms. The Bertz CT molecular complexity index is 2240. The molecule has 6 saturated carbocycles. The average Bonchev–Trinajstić information content (AvgIpc) is 1.05. The van der Waals surface area contributed by atoms with Crippen molar-refractivity contribution in [2.45, 2.75) is 302 Å². The molecule has 17 nitrogen and oxygen atoms in total. The monoisotopic (exact) mass is 1410 g/mol. The molecule has 6 aliphatic rings. The van der Waals surface area contributed by atoms with E-state index in [0.717, 1.165) is 171 Å². The van der Waals surface area contributed by atoms with Crippen molar-refractivity contribution in [2.75, 3.05) is 65.4 Å². The van der Waals surface area contributed by atoms with Crippen molar-refractivity contribution in [3.63, 3.8) is 0 Å². The number of nitrogens with one attached hydrogen (secondary N) is 2. The number of methoxy groups -OCH3 is 2. The molecule has 21 heteroatoms. The second kappa shape index (κ2) is 42.5. The summed E-state index contributed by atoms with van der Waals surface area (Å²) in [6.07, 6.45) is 34.6. The summed E-state index contributed by atoms with van der Waals surface area (Å²) in [5.74, 6) is 6.92. The van der Waals surface area contributed by atoms with Gasteiger partial charge < -0.3 is 52.0 Å². The van der Waals surface area contributed by atoms with Gasteiger partial charge in [0.05, 0.1) is 26.2 Å². The van der Waals surface area contributed by atoms with E-state index in [1.54, 1.807) is 0 Å². The maximum absolute atomic E-state index is 13.7. The van der Waals surface area contributed by atoms with Crippen LogP contribution in [0, 0.1) is 64.6 Å². The van der Waals surface area contributed by atoms with Crippen molar-refractivity contribution in [3.8, 4) is 0 Å². The first-order chi connectivity index (χ1) is 45.4. The molecule has 1 atom stereocenters. The molecule has 6 rings (SSSR count). The maximum atomic E-state index is 13.7. The van der Waals surface area contributed by atoms with Crippen LogP contribution in [0.25, 0.3) is 0 Å². The van der Waals surface area contributed by atoms with Gasteiger partial charge in [-0.3, -0.25) is 19.2 Å². The number of carbonyl (C=O) groups excluding carboxylic acids is 6. The number of hydrogen-bond acceptors (Lipinski definition) is 16. The lowest BCUT2D eigenvalue weighted by atomic mass is 9.72. The number of rotatable bonds is 40. The van der Waals surface area contributed by atoms with E-state index in [1.807, 2.05) is 11.8 Å². The van der Waals surface area contributed by atoms with Gasteiger partial charge in [-0.15, -0.1) is 0 Å². The molecule has 6 fully saturated rings. The summed E-state index contributed by atoms with van der Waals surface area (Å²) >= 11 is 1.96. The third-order valence-electron chi connectivity index (χ3n) is 22.9. The topological polar surface area (TPSA) is 210 Å². The zero-order chi connectivity index (χ0) is 68.7. The Balaban J connectivity index is 0.840. The molecule has 2 amide bonds. The Hall–Kier alpha value is -2.70. The molecule has 0 spiro atoms. The highest BCUT2D eigenvalue weighted by Gasteiger charge is 2.40. The van der Waals surface area contributed by atoms with E-state index in [-0.39, 0.29) is 68.5 Å². The minimum absolute atomic E-state index is 0.0481. The number of hydrogen-bond donors (Lipinski definition) is 2. The van der Waals surface area contributed by atoms with Crippen molar-refractivity contribution in [3.05, 3.63) is 0 Å². The highest BCUT2D eigenvalue weighted by molar-refractivity contribution is 7.99. The van der Waals surface area contributed by atoms with Crippen LogP contribution in [0.15, 0.2) is 0 Å². The fourth-order valence-corrected chi connectivity index (χ4v) is 33.3. The lowest BCUT2D eigenvalue weighted by Gasteiger charge is -2.38. The van der Waals surface area contributed by atoms with Crippen LogP contribution < -0.4 is 10.6 Å². The molecule has 0 heterocycles. The number of ether oxygens (including phenoxy) is 7. The van der Waals surface area contributed by atoms with Crippen LogP contribution in [-0.4, -0.2) is 139 Å². The number of amides is 2. The lowest BCUT2D eigenvalue weighted by molar-refractivity contribution is -0.159. The van der Waals surface area contributed by atoms with Gasteiger partial charge in [0.2, 0.25) is 0 Å². The van der Waals surface area contributed by atoms with Gasteiger partial charge in [-0.05, 0) is 257 Å². The summed E-state index contributed by atoms with van der Waals surface area (Å²) in [5, 5.41) is 5.98. The standard InChI is InChI=1S/C74H134N2O15SSi3/c1-11-13-44-93(5,6)90-95(9,10)91-94(7,8)45-43-92-42-14-39-85-53-74(12-2,54-88-70(79)51-64-27-19-58(20-28-64)46-56-15-23-62(24-16-56)49-68(77)83-3)55-89-71(80)52-65-29-21-59(22-30-65)47-57-17-25-63(26-18-57)50-69(78)86-40-41-87-73(82)76-67-37-33-61(34-38-67)48-60-31-35-66(36-32-60)75-72(81)84-4/h56-67H,11-55H2,1-10H3,(H,75,81)(H,76,82). The molecule has 0 aromatic rings. The van der Waals surface area contributed by atoms with Crippen LogP contribution in [0.1, 0.15) is 239 Å². The van der Waals surface area contributed by atoms with E-state index < -0.39 is 36.7 Å². The molecule has 0 aromatic heterocycles. The highest BCUT2D eigenvalue weighted by Crippen LogP contribution is 2.43. The Morgan fingerprint density at radius 1 is 0.400 bits per heavy atom. The van der Waals surface area contributed by atoms with E-state index in [2.05, 4.69) is 63.8 Å². The molecule has 95 heavy (non-hydrogen) atoms. The molecular weight excluding hydrogens is 1270 g/mol. The van der Waals surface area contributed by atoms with Crippen LogP contribution in [0.3, 0.4) is 0 Å². The van der Waals surface area contributed by atoms with E-state index in [9.17, 15) is 28.8 Å². The van der Waals surface area contributed by atoms with Crippen molar-refractivity contribution in [1.82, 2.24) is 10.6 Å². The SMILES string of the molecule is CCCC[Si](C)(C)O[Si](C)(C)O[Si](C)(C)CCSCCCOCC(CC)(COC(=O)CC1CCC(CC2CCC(CC(=O)OC)CC2)CC1)COC(=O)CC1CCC(CC2CCC(CC(=O)OCCOC(=O)NC3CCC(CC4CCC(NC(=O)OC)CC4)CC3)CC2)CC1. The molecular formula is C74H134N2O15SSi3. The van der Waals surface area contributed by atoms with E-state index in [4.69, 9.17) is 41.4 Å². The smallest absolute Gasteiger partial charge is 0.407 e. The molecule has 2 N–H and O–H groups in total. The fourth-order valence-electron chi connectivity index (χ4n) is 17.0. The van der Waals surface area contributed by atoms with Crippen LogP contribution in [0.5, 0.6) is 0 Å². The van der Waals surface area contributed by atoms with Crippen LogP contribution in [-0.2, 0) is 60.6 Å². The highest BCUT2D eigenvalue weighted by atomic mass is 32.2. The van der Waals surface area contributed by atoms with Crippen LogP contribution in [0.4, 0.5) is 9.59 Å². The Kier molecular flexibility index (Phi) is 36.4. The zero-order valence-electron chi connectivity index (χ0n) is 61.3. The number of alkyl carbamates (subject to hydrolysis) is 2. The minimum atomic E-state index is -2.23. The third-order valence-corrected chi connectivity index (χ3v) is 35.7. The summed E-state index contributed by atoms with van der Waals surface area (Å²) in [6.45, 7) is 19.5. The first kappa shape index (κ1) is 81.3. The van der Waals surface area contributed by atoms with Crippen molar-refractivity contribution in [1.29, 1.82) is 0 Å². The van der Waals surface area contributed by atoms with Crippen molar-refractivity contribution < 1.29 is 70.2 Å². The summed E-state index contributed by atoms with van der Waals surface area (Å²) in [5.41, 5.74) is -0.631. The summed E-state index contributed by atoms with van der Waals surface area (Å²) in [7, 11) is -3.00. The van der Waals surface area contributed by atoms with E-state index in [1.165, 1.54) is 65.2 Å². The average molecular weight is 1410 g/mol. The Morgan fingerprint density at radius 3 is 1.17 bits per heavy atom. The van der Waals surface area contributed by atoms with Gasteiger partial charge in [-0.1, -0.05) is 78.1 Å². The second-order valence-corrected chi connectivity index (χ2v) is 46.1. The van der Waals surface area contributed by atoms with Gasteiger partial charge >= 0.3 is 44.6 Å². The summed E-state index contributed by atoms with van der Waals surface area (Å²) in [6, 6.07) is 2.59. The van der Waals surface area contributed by atoms with Crippen molar-refractivity contribution in [2.24, 2.45) is 64.6 Å². The largest absolute Gasteiger partial charge is 0.469 e. The van der Waals surface area contributed by atoms with Crippen LogP contribution >= 0.6 is 11.8 Å². The van der Waals surface area contributed by atoms with Gasteiger partial charge in [0, 0.05) is 44.4 Å². The third kappa shape index (κ3) is 32.7. The zero-order valence-corrected chi connectivity index (χ0v) is 65.1. The molecule has 1 unspecified atom stereocenters. The Morgan fingerprint density at radius 2 is 0.768 bits per heavy atom.